The van der Waals surface area contributed by atoms with Gasteiger partial charge < -0.3 is 11.1 Å². The van der Waals surface area contributed by atoms with E-state index in [9.17, 15) is 4.79 Å². The zero-order chi connectivity index (χ0) is 11.0. The maximum absolute atomic E-state index is 11.2. The summed E-state index contributed by atoms with van der Waals surface area (Å²) in [6, 6.07) is 3.79. The van der Waals surface area contributed by atoms with Crippen LogP contribution in [0.4, 0.5) is 5.69 Å². The number of rotatable bonds is 2. The molecule has 0 radical (unpaired) electrons. The van der Waals surface area contributed by atoms with E-state index in [0.717, 1.165) is 23.2 Å². The van der Waals surface area contributed by atoms with E-state index in [4.69, 9.17) is 17.3 Å². The maximum atomic E-state index is 11.2. The Kier molecular flexibility index (Phi) is 2.67. The lowest BCUT2D eigenvalue weighted by atomic mass is 10.0. The van der Waals surface area contributed by atoms with Gasteiger partial charge in [0, 0.05) is 6.04 Å². The van der Waals surface area contributed by atoms with Gasteiger partial charge in [-0.2, -0.15) is 0 Å². The number of hydrogen-bond acceptors (Lipinski definition) is 2. The summed E-state index contributed by atoms with van der Waals surface area (Å²) in [6.45, 7) is 2.02. The second-order valence-corrected chi connectivity index (χ2v) is 4.18. The third-order valence-electron chi connectivity index (χ3n) is 2.68. The number of carbonyl (C=O) groups excluding carboxylic acids is 1. The molecule has 3 nitrogen and oxygen atoms in total. The largest absolute Gasteiger partial charge is 0.324 e. The molecule has 80 valence electrons. The Bertz CT molecular complexity index is 417. The van der Waals surface area contributed by atoms with E-state index >= 15 is 0 Å². The van der Waals surface area contributed by atoms with Crippen molar-refractivity contribution in [2.24, 2.45) is 5.73 Å². The van der Waals surface area contributed by atoms with Crippen molar-refractivity contribution < 1.29 is 4.79 Å². The molecule has 0 bridgehead atoms. The van der Waals surface area contributed by atoms with Gasteiger partial charge in [-0.25, -0.2) is 0 Å². The Balaban J connectivity index is 2.44. The molecule has 1 unspecified atom stereocenters. The molecule has 1 aromatic carbocycles. The van der Waals surface area contributed by atoms with Crippen molar-refractivity contribution >= 4 is 23.2 Å². The Morgan fingerprint density at radius 3 is 3.00 bits per heavy atom. The summed E-state index contributed by atoms with van der Waals surface area (Å²) in [4.78, 5) is 11.2. The van der Waals surface area contributed by atoms with Gasteiger partial charge in [0.05, 0.1) is 17.1 Å². The third kappa shape index (κ3) is 1.85. The predicted octanol–water partition coefficient (Wildman–Crippen LogP) is 2.24. The molecule has 1 heterocycles. The summed E-state index contributed by atoms with van der Waals surface area (Å²) in [5, 5.41) is 3.32. The summed E-state index contributed by atoms with van der Waals surface area (Å²) in [5.41, 5.74) is 8.62. The number of halogens is 1. The van der Waals surface area contributed by atoms with Crippen molar-refractivity contribution in [2.45, 2.75) is 25.8 Å². The van der Waals surface area contributed by atoms with Crippen molar-refractivity contribution in [1.82, 2.24) is 0 Å². The Morgan fingerprint density at radius 2 is 2.33 bits per heavy atom. The van der Waals surface area contributed by atoms with E-state index in [1.54, 1.807) is 0 Å². The third-order valence-corrected chi connectivity index (χ3v) is 2.98. The van der Waals surface area contributed by atoms with Crippen LogP contribution < -0.4 is 11.1 Å². The molecule has 1 aliphatic rings. The van der Waals surface area contributed by atoms with Gasteiger partial charge in [-0.1, -0.05) is 24.6 Å². The molecule has 0 aliphatic carbocycles. The fourth-order valence-corrected chi connectivity index (χ4v) is 2.07. The van der Waals surface area contributed by atoms with Crippen LogP contribution in [0.1, 0.15) is 30.5 Å². The monoisotopic (exact) mass is 224 g/mol. The van der Waals surface area contributed by atoms with Crippen molar-refractivity contribution in [3.63, 3.8) is 0 Å². The molecule has 4 heteroatoms. The molecule has 15 heavy (non-hydrogen) atoms. The van der Waals surface area contributed by atoms with Gasteiger partial charge in [0.2, 0.25) is 5.91 Å². The van der Waals surface area contributed by atoms with Crippen molar-refractivity contribution in [2.75, 3.05) is 5.32 Å². The van der Waals surface area contributed by atoms with E-state index in [1.165, 1.54) is 0 Å². The molecule has 0 aromatic heterocycles. The number of nitrogens with one attached hydrogen (secondary N) is 1. The SMILES string of the molecule is CCC(N)c1cc(Cl)c2c(c1)CC(=O)N2. The zero-order valence-electron chi connectivity index (χ0n) is 8.51. The van der Waals surface area contributed by atoms with Gasteiger partial charge in [0.15, 0.2) is 0 Å². The number of hydrogen-bond donors (Lipinski definition) is 2. The highest BCUT2D eigenvalue weighted by Gasteiger charge is 2.21. The van der Waals surface area contributed by atoms with Gasteiger partial charge in [0.1, 0.15) is 0 Å². The first kappa shape index (κ1) is 10.5. The summed E-state index contributed by atoms with van der Waals surface area (Å²) >= 11 is 6.07. The van der Waals surface area contributed by atoms with Gasteiger partial charge in [-0.3, -0.25) is 4.79 Å². The molecule has 1 aromatic rings. The smallest absolute Gasteiger partial charge is 0.228 e. The molecular formula is C11H13ClN2O. The molecular weight excluding hydrogens is 212 g/mol. The number of benzene rings is 1. The van der Waals surface area contributed by atoms with Crippen LogP contribution in [-0.4, -0.2) is 5.91 Å². The van der Waals surface area contributed by atoms with Crippen LogP contribution in [-0.2, 0) is 11.2 Å². The lowest BCUT2D eigenvalue weighted by Crippen LogP contribution is -2.08. The first-order chi connectivity index (χ1) is 7.11. The topological polar surface area (TPSA) is 55.1 Å². The molecule has 1 amide bonds. The van der Waals surface area contributed by atoms with E-state index < -0.39 is 0 Å². The average molecular weight is 225 g/mol. The second kappa shape index (κ2) is 3.83. The van der Waals surface area contributed by atoms with E-state index in [1.807, 2.05) is 19.1 Å². The Hall–Kier alpha value is -1.06. The van der Waals surface area contributed by atoms with Crippen molar-refractivity contribution in [3.05, 3.63) is 28.3 Å². The van der Waals surface area contributed by atoms with Gasteiger partial charge in [-0.15, -0.1) is 0 Å². The molecule has 0 spiro atoms. The lowest BCUT2D eigenvalue weighted by Gasteiger charge is -2.11. The summed E-state index contributed by atoms with van der Waals surface area (Å²) < 4.78 is 0. The molecule has 1 atom stereocenters. The van der Waals surface area contributed by atoms with Gasteiger partial charge in [-0.05, 0) is 23.6 Å². The molecule has 3 N–H and O–H groups in total. The second-order valence-electron chi connectivity index (χ2n) is 3.78. The molecule has 0 saturated carbocycles. The van der Waals surface area contributed by atoms with Crippen LogP contribution in [0.5, 0.6) is 0 Å². The summed E-state index contributed by atoms with van der Waals surface area (Å²) in [5.74, 6) is -0.00544. The minimum atomic E-state index is -0.0106. The van der Waals surface area contributed by atoms with Crippen molar-refractivity contribution in [3.8, 4) is 0 Å². The highest BCUT2D eigenvalue weighted by Crippen LogP contribution is 2.34. The van der Waals surface area contributed by atoms with Crippen LogP contribution in [0.25, 0.3) is 0 Å². The Morgan fingerprint density at radius 1 is 1.60 bits per heavy atom. The van der Waals surface area contributed by atoms with E-state index in [0.29, 0.717) is 11.4 Å². The van der Waals surface area contributed by atoms with Crippen LogP contribution in [0.15, 0.2) is 12.1 Å². The quantitative estimate of drug-likeness (QED) is 0.810. The van der Waals surface area contributed by atoms with Crippen LogP contribution >= 0.6 is 11.6 Å². The van der Waals surface area contributed by atoms with E-state index in [-0.39, 0.29) is 11.9 Å². The molecule has 2 rings (SSSR count). The van der Waals surface area contributed by atoms with Gasteiger partial charge in [0.25, 0.3) is 0 Å². The number of nitrogens with two attached hydrogens (primary N) is 1. The van der Waals surface area contributed by atoms with E-state index in [2.05, 4.69) is 5.32 Å². The van der Waals surface area contributed by atoms with Crippen LogP contribution in [0, 0.1) is 0 Å². The number of anilines is 1. The molecule has 0 saturated heterocycles. The number of carbonyl (C=O) groups is 1. The highest BCUT2D eigenvalue weighted by molar-refractivity contribution is 6.34. The Labute approximate surface area is 93.6 Å². The maximum Gasteiger partial charge on any atom is 0.228 e. The minimum Gasteiger partial charge on any atom is -0.324 e. The lowest BCUT2D eigenvalue weighted by molar-refractivity contribution is -0.115. The fourth-order valence-electron chi connectivity index (χ4n) is 1.77. The minimum absolute atomic E-state index is 0.00544. The average Bonchev–Trinajstić information content (AvgIpc) is 2.58. The van der Waals surface area contributed by atoms with Gasteiger partial charge >= 0.3 is 0 Å². The van der Waals surface area contributed by atoms with Crippen LogP contribution in [0.3, 0.4) is 0 Å². The van der Waals surface area contributed by atoms with Crippen molar-refractivity contribution in [1.29, 1.82) is 0 Å². The number of amides is 1. The fraction of sp³-hybridized carbons (Fsp3) is 0.364. The predicted molar refractivity (Wildman–Crippen MR) is 61.0 cm³/mol. The summed E-state index contributed by atoms with van der Waals surface area (Å²) in [6.07, 6.45) is 1.26. The zero-order valence-corrected chi connectivity index (χ0v) is 9.27. The normalized spacial score (nSPS) is 16.1. The molecule has 1 aliphatic heterocycles. The first-order valence-corrected chi connectivity index (χ1v) is 5.37. The first-order valence-electron chi connectivity index (χ1n) is 4.99. The van der Waals surface area contributed by atoms with Crippen LogP contribution in [0.2, 0.25) is 5.02 Å². The molecule has 0 fully saturated rings. The highest BCUT2D eigenvalue weighted by atomic mass is 35.5. The standard InChI is InChI=1S/C11H13ClN2O/c1-2-9(13)6-3-7-5-10(15)14-11(7)8(12)4-6/h3-4,9H,2,5,13H2,1H3,(H,14,15). The number of fused-ring (bicyclic) bond motifs is 1. The summed E-state index contributed by atoms with van der Waals surface area (Å²) in [7, 11) is 0.